The molecule has 0 bridgehead atoms. The number of nitrogens with one attached hydrogen (secondary N) is 2. The molecule has 0 fully saturated rings. The lowest BCUT2D eigenvalue weighted by Crippen LogP contribution is -2.30. The molecule has 1 aliphatic heterocycles. The van der Waals surface area contributed by atoms with Gasteiger partial charge in [-0.15, -0.1) is 12.4 Å². The van der Waals surface area contributed by atoms with E-state index in [0.717, 1.165) is 12.1 Å². The van der Waals surface area contributed by atoms with E-state index in [0.29, 0.717) is 19.0 Å². The molecule has 1 aromatic rings. The smallest absolute Gasteiger partial charge is 0.243 e. The Kier molecular flexibility index (Phi) is 6.21. The Labute approximate surface area is 126 Å². The van der Waals surface area contributed by atoms with Crippen molar-refractivity contribution in [3.63, 3.8) is 0 Å². The molecule has 0 atom stereocenters. The third kappa shape index (κ3) is 4.44. The van der Waals surface area contributed by atoms with Crippen molar-refractivity contribution in [3.8, 4) is 0 Å². The Morgan fingerprint density at radius 2 is 1.81 bits per heavy atom. The minimum atomic E-state index is -4.22. The number of rotatable bonds is 4. The second kappa shape index (κ2) is 7.26. The molecule has 1 heterocycles. The summed E-state index contributed by atoms with van der Waals surface area (Å²) in [5, 5.41) is 3.06. The third-order valence-corrected chi connectivity index (χ3v) is 4.33. The third-order valence-electron chi connectivity index (χ3n) is 2.91. The maximum atomic E-state index is 13.4. The van der Waals surface area contributed by atoms with Gasteiger partial charge in [0.15, 0.2) is 11.6 Å². The second-order valence-electron chi connectivity index (χ2n) is 4.34. The van der Waals surface area contributed by atoms with Crippen LogP contribution in [0.3, 0.4) is 0 Å². The van der Waals surface area contributed by atoms with Crippen LogP contribution in [0.25, 0.3) is 0 Å². The van der Waals surface area contributed by atoms with Crippen LogP contribution < -0.4 is 10.0 Å². The summed E-state index contributed by atoms with van der Waals surface area (Å²) < 4.78 is 65.2. The van der Waals surface area contributed by atoms with E-state index in [4.69, 9.17) is 0 Å². The van der Waals surface area contributed by atoms with Crippen molar-refractivity contribution in [1.29, 1.82) is 0 Å². The molecule has 0 saturated carbocycles. The van der Waals surface area contributed by atoms with E-state index in [1.807, 2.05) is 6.08 Å². The van der Waals surface area contributed by atoms with Crippen molar-refractivity contribution in [2.75, 3.05) is 19.6 Å². The molecular formula is C12H14ClF3N2O2S. The zero-order chi connectivity index (χ0) is 14.8. The van der Waals surface area contributed by atoms with E-state index in [1.54, 1.807) is 0 Å². The van der Waals surface area contributed by atoms with Gasteiger partial charge in [-0.2, -0.15) is 0 Å². The highest BCUT2D eigenvalue weighted by Crippen LogP contribution is 2.18. The van der Waals surface area contributed by atoms with Gasteiger partial charge in [-0.25, -0.2) is 26.3 Å². The summed E-state index contributed by atoms with van der Waals surface area (Å²) in [5.74, 6) is -4.16. The highest BCUT2D eigenvalue weighted by Gasteiger charge is 2.22. The monoisotopic (exact) mass is 342 g/mol. The Hall–Kier alpha value is -1.09. The average Bonchev–Trinajstić information content (AvgIpc) is 2.42. The normalized spacial score (nSPS) is 15.3. The summed E-state index contributed by atoms with van der Waals surface area (Å²) in [6.07, 6.45) is 2.50. The average molecular weight is 343 g/mol. The summed E-state index contributed by atoms with van der Waals surface area (Å²) >= 11 is 0. The van der Waals surface area contributed by atoms with Gasteiger partial charge in [0, 0.05) is 19.2 Å². The van der Waals surface area contributed by atoms with Gasteiger partial charge in [0.2, 0.25) is 10.0 Å². The minimum Gasteiger partial charge on any atom is -0.313 e. The van der Waals surface area contributed by atoms with E-state index < -0.39 is 32.4 Å². The second-order valence-corrected chi connectivity index (χ2v) is 6.07. The maximum absolute atomic E-state index is 13.4. The molecule has 0 spiro atoms. The van der Waals surface area contributed by atoms with Crippen LogP contribution in [-0.2, 0) is 10.0 Å². The molecule has 21 heavy (non-hydrogen) atoms. The molecule has 2 N–H and O–H groups in total. The minimum absolute atomic E-state index is 0. The van der Waals surface area contributed by atoms with Gasteiger partial charge in [0.1, 0.15) is 10.7 Å². The Bertz CT molecular complexity index is 650. The Morgan fingerprint density at radius 1 is 1.14 bits per heavy atom. The summed E-state index contributed by atoms with van der Waals surface area (Å²) in [6.45, 7) is 1.38. The molecule has 0 aliphatic carbocycles. The summed E-state index contributed by atoms with van der Waals surface area (Å²) in [6, 6.07) is 0.553. The topological polar surface area (TPSA) is 58.2 Å². The van der Waals surface area contributed by atoms with Crippen molar-refractivity contribution < 1.29 is 21.6 Å². The molecule has 0 saturated heterocycles. The predicted molar refractivity (Wildman–Crippen MR) is 74.3 cm³/mol. The molecule has 0 unspecified atom stereocenters. The van der Waals surface area contributed by atoms with Crippen LogP contribution in [0.5, 0.6) is 0 Å². The van der Waals surface area contributed by atoms with Crippen molar-refractivity contribution in [1.82, 2.24) is 10.0 Å². The van der Waals surface area contributed by atoms with E-state index in [1.165, 1.54) is 0 Å². The van der Waals surface area contributed by atoms with Crippen LogP contribution in [0.4, 0.5) is 13.2 Å². The van der Waals surface area contributed by atoms with E-state index in [9.17, 15) is 21.6 Å². The highest BCUT2D eigenvalue weighted by atomic mass is 35.5. The quantitative estimate of drug-likeness (QED) is 0.647. The van der Waals surface area contributed by atoms with Crippen molar-refractivity contribution in [2.24, 2.45) is 0 Å². The first-order valence-electron chi connectivity index (χ1n) is 5.93. The first-order chi connectivity index (χ1) is 9.40. The lowest BCUT2D eigenvalue weighted by Gasteiger charge is -2.15. The van der Waals surface area contributed by atoms with Crippen LogP contribution in [0, 0.1) is 17.5 Å². The van der Waals surface area contributed by atoms with Crippen LogP contribution in [-0.4, -0.2) is 28.1 Å². The van der Waals surface area contributed by atoms with Gasteiger partial charge >= 0.3 is 0 Å². The highest BCUT2D eigenvalue weighted by molar-refractivity contribution is 7.89. The summed E-state index contributed by atoms with van der Waals surface area (Å²) in [7, 11) is -4.22. The molecule has 1 aromatic carbocycles. The zero-order valence-corrected chi connectivity index (χ0v) is 12.5. The number of sulfonamides is 1. The van der Waals surface area contributed by atoms with E-state index in [-0.39, 0.29) is 25.0 Å². The van der Waals surface area contributed by atoms with Crippen LogP contribution in [0.15, 0.2) is 28.7 Å². The van der Waals surface area contributed by atoms with E-state index in [2.05, 4.69) is 10.0 Å². The summed E-state index contributed by atoms with van der Waals surface area (Å²) in [5.41, 5.74) is 0.857. The SMILES string of the molecule is Cl.O=S(=O)(NCC1=CCNCC1)c1cc(F)c(F)cc1F. The molecule has 1 aliphatic rings. The standard InChI is InChI=1S/C12H13F3N2O2S.ClH/c13-9-5-11(15)12(6-10(9)14)20(18,19)17-7-8-1-3-16-4-2-8;/h1,5-6,16-17H,2-4,7H2;1H. The fraction of sp³-hybridized carbons (Fsp3) is 0.333. The van der Waals surface area contributed by atoms with Crippen LogP contribution in [0.1, 0.15) is 6.42 Å². The fourth-order valence-electron chi connectivity index (χ4n) is 1.81. The van der Waals surface area contributed by atoms with Gasteiger partial charge in [0.25, 0.3) is 0 Å². The maximum Gasteiger partial charge on any atom is 0.243 e. The number of hydrogen-bond donors (Lipinski definition) is 2. The molecular weight excluding hydrogens is 329 g/mol. The fourth-order valence-corrected chi connectivity index (χ4v) is 2.91. The first kappa shape index (κ1) is 18.0. The van der Waals surface area contributed by atoms with E-state index >= 15 is 0 Å². The van der Waals surface area contributed by atoms with Gasteiger partial charge in [-0.3, -0.25) is 0 Å². The summed E-state index contributed by atoms with van der Waals surface area (Å²) in [4.78, 5) is -0.897. The Balaban J connectivity index is 0.00000220. The van der Waals surface area contributed by atoms with Gasteiger partial charge in [0.05, 0.1) is 0 Å². The molecule has 118 valence electrons. The zero-order valence-electron chi connectivity index (χ0n) is 10.8. The molecule has 0 amide bonds. The number of hydrogen-bond acceptors (Lipinski definition) is 3. The molecule has 2 rings (SSSR count). The van der Waals surface area contributed by atoms with Gasteiger partial charge < -0.3 is 5.32 Å². The van der Waals surface area contributed by atoms with Crippen LogP contribution >= 0.6 is 12.4 Å². The van der Waals surface area contributed by atoms with Crippen molar-refractivity contribution >= 4 is 22.4 Å². The molecule has 0 radical (unpaired) electrons. The van der Waals surface area contributed by atoms with Gasteiger partial charge in [-0.05, 0) is 19.0 Å². The molecule has 0 aromatic heterocycles. The number of halogens is 4. The molecule has 9 heteroatoms. The lowest BCUT2D eigenvalue weighted by molar-refractivity contribution is 0.481. The lowest BCUT2D eigenvalue weighted by atomic mass is 10.1. The molecule has 4 nitrogen and oxygen atoms in total. The van der Waals surface area contributed by atoms with Gasteiger partial charge in [-0.1, -0.05) is 11.6 Å². The Morgan fingerprint density at radius 3 is 2.43 bits per heavy atom. The van der Waals surface area contributed by atoms with Crippen molar-refractivity contribution in [3.05, 3.63) is 41.2 Å². The van der Waals surface area contributed by atoms with Crippen molar-refractivity contribution in [2.45, 2.75) is 11.3 Å². The first-order valence-corrected chi connectivity index (χ1v) is 7.41. The van der Waals surface area contributed by atoms with Crippen LogP contribution in [0.2, 0.25) is 0 Å². The predicted octanol–water partition coefficient (Wildman–Crippen LogP) is 1.72. The largest absolute Gasteiger partial charge is 0.313 e. The number of benzene rings is 1.